The van der Waals surface area contributed by atoms with Gasteiger partial charge in [-0.1, -0.05) is 35.1 Å². The highest BCUT2D eigenvalue weighted by Gasteiger charge is 2.24. The number of hydrogen-bond donors (Lipinski definition) is 1. The number of carbonyl (C=O) groups is 1. The largest absolute Gasteiger partial charge is 0.299 e. The number of carbonyl (C=O) groups excluding carboxylic acids is 1. The molecule has 1 unspecified atom stereocenters. The molecule has 1 amide bonds. The molecule has 1 atom stereocenters. The average Bonchev–Trinajstić information content (AvgIpc) is 3.08. The summed E-state index contributed by atoms with van der Waals surface area (Å²) in [6.07, 6.45) is 0. The maximum Gasteiger partial charge on any atom is 0.240 e. The van der Waals surface area contributed by atoms with Crippen molar-refractivity contribution < 1.29 is 4.79 Å². The van der Waals surface area contributed by atoms with E-state index >= 15 is 0 Å². The summed E-state index contributed by atoms with van der Waals surface area (Å²) in [4.78, 5) is 16.8. The van der Waals surface area contributed by atoms with Gasteiger partial charge >= 0.3 is 0 Å². The quantitative estimate of drug-likeness (QED) is 0.889. The van der Waals surface area contributed by atoms with Gasteiger partial charge in [-0.3, -0.25) is 19.9 Å². The van der Waals surface area contributed by atoms with Crippen molar-refractivity contribution in [3.63, 3.8) is 0 Å². The maximum atomic E-state index is 12.1. The van der Waals surface area contributed by atoms with Crippen molar-refractivity contribution in [3.8, 4) is 0 Å². The Labute approximate surface area is 152 Å². The van der Waals surface area contributed by atoms with E-state index < -0.39 is 0 Å². The normalized spacial score (nSPS) is 17.4. The molecule has 134 valence electrons. The van der Waals surface area contributed by atoms with Crippen LogP contribution in [0.15, 0.2) is 23.7 Å². The molecular formula is C18H25N5OS. The molecule has 1 aliphatic heterocycles. The third kappa shape index (κ3) is 4.62. The van der Waals surface area contributed by atoms with Gasteiger partial charge in [0.25, 0.3) is 0 Å². The molecule has 25 heavy (non-hydrogen) atoms. The highest BCUT2D eigenvalue weighted by atomic mass is 32.1. The minimum absolute atomic E-state index is 0.0207. The fourth-order valence-corrected chi connectivity index (χ4v) is 3.85. The minimum Gasteiger partial charge on any atom is -0.299 e. The second kappa shape index (κ2) is 8.03. The van der Waals surface area contributed by atoms with Crippen molar-refractivity contribution in [2.45, 2.75) is 26.8 Å². The highest BCUT2D eigenvalue weighted by molar-refractivity contribution is 7.13. The summed E-state index contributed by atoms with van der Waals surface area (Å²) in [5.41, 5.74) is 5.67. The van der Waals surface area contributed by atoms with Gasteiger partial charge in [0.1, 0.15) is 5.51 Å². The Hall–Kier alpha value is -1.83. The summed E-state index contributed by atoms with van der Waals surface area (Å²) in [5.74, 6) is -0.0207. The third-order valence-electron chi connectivity index (χ3n) is 4.80. The number of aryl methyl sites for hydroxylation is 2. The molecule has 6 nitrogen and oxygen atoms in total. The van der Waals surface area contributed by atoms with E-state index in [0.29, 0.717) is 17.7 Å². The molecule has 0 aliphatic carbocycles. The average molecular weight is 359 g/mol. The zero-order chi connectivity index (χ0) is 17.8. The van der Waals surface area contributed by atoms with Crippen LogP contribution in [0, 0.1) is 13.8 Å². The molecule has 7 heteroatoms. The number of hydrogen-bond acceptors (Lipinski definition) is 6. The maximum absolute atomic E-state index is 12.1. The lowest BCUT2D eigenvalue weighted by Gasteiger charge is -2.38. The Morgan fingerprint density at radius 2 is 2.04 bits per heavy atom. The van der Waals surface area contributed by atoms with Crippen molar-refractivity contribution in [1.82, 2.24) is 20.0 Å². The van der Waals surface area contributed by atoms with Crippen molar-refractivity contribution in [2.24, 2.45) is 0 Å². The number of piperazine rings is 1. The fourth-order valence-electron chi connectivity index (χ4n) is 3.39. The van der Waals surface area contributed by atoms with Gasteiger partial charge < -0.3 is 0 Å². The van der Waals surface area contributed by atoms with Gasteiger partial charge in [0.15, 0.2) is 0 Å². The van der Waals surface area contributed by atoms with Crippen LogP contribution in [0.5, 0.6) is 0 Å². The van der Waals surface area contributed by atoms with Crippen LogP contribution < -0.4 is 5.32 Å². The SMILES string of the molecule is Cc1ccc(C(C)N2CCN(CC(=O)Nc3nncs3)CC2)c(C)c1. The van der Waals surface area contributed by atoms with Crippen LogP contribution in [0.4, 0.5) is 5.13 Å². The molecule has 1 fully saturated rings. The summed E-state index contributed by atoms with van der Waals surface area (Å²) in [6.45, 7) is 10.7. The summed E-state index contributed by atoms with van der Waals surface area (Å²) in [5, 5.41) is 10.9. The van der Waals surface area contributed by atoms with Crippen molar-refractivity contribution in [3.05, 3.63) is 40.4 Å². The van der Waals surface area contributed by atoms with Gasteiger partial charge in [0.2, 0.25) is 11.0 Å². The number of rotatable bonds is 5. The monoisotopic (exact) mass is 359 g/mol. The second-order valence-corrected chi connectivity index (χ2v) is 7.47. The van der Waals surface area contributed by atoms with E-state index in [-0.39, 0.29) is 5.91 Å². The number of amides is 1. The Bertz CT molecular complexity index is 710. The van der Waals surface area contributed by atoms with Gasteiger partial charge in [-0.2, -0.15) is 0 Å². The van der Waals surface area contributed by atoms with E-state index in [1.165, 1.54) is 28.0 Å². The summed E-state index contributed by atoms with van der Waals surface area (Å²) >= 11 is 1.34. The molecular weight excluding hydrogens is 334 g/mol. The van der Waals surface area contributed by atoms with Crippen molar-refractivity contribution in [2.75, 3.05) is 38.0 Å². The van der Waals surface area contributed by atoms with Crippen LogP contribution in [0.1, 0.15) is 29.7 Å². The van der Waals surface area contributed by atoms with E-state index in [1.807, 2.05) is 0 Å². The van der Waals surface area contributed by atoms with E-state index in [4.69, 9.17) is 0 Å². The zero-order valence-corrected chi connectivity index (χ0v) is 15.8. The lowest BCUT2D eigenvalue weighted by Crippen LogP contribution is -2.49. The molecule has 2 aromatic rings. The Morgan fingerprint density at radius 3 is 2.68 bits per heavy atom. The second-order valence-electron chi connectivity index (χ2n) is 6.64. The number of nitrogens with zero attached hydrogens (tertiary/aromatic N) is 4. The predicted octanol–water partition coefficient (Wildman–Crippen LogP) is 2.47. The van der Waals surface area contributed by atoms with Gasteiger partial charge in [0.05, 0.1) is 6.54 Å². The third-order valence-corrected chi connectivity index (χ3v) is 5.41. The predicted molar refractivity (Wildman–Crippen MR) is 101 cm³/mol. The molecule has 1 N–H and O–H groups in total. The molecule has 0 radical (unpaired) electrons. The molecule has 3 rings (SSSR count). The van der Waals surface area contributed by atoms with E-state index in [9.17, 15) is 4.79 Å². The smallest absolute Gasteiger partial charge is 0.240 e. The van der Waals surface area contributed by atoms with Crippen LogP contribution in [0.2, 0.25) is 0 Å². The number of nitrogens with one attached hydrogen (secondary N) is 1. The molecule has 1 aromatic heterocycles. The van der Waals surface area contributed by atoms with Crippen molar-refractivity contribution >= 4 is 22.4 Å². The summed E-state index contributed by atoms with van der Waals surface area (Å²) in [6, 6.07) is 7.09. The van der Waals surface area contributed by atoms with E-state index in [2.05, 4.69) is 64.3 Å². The van der Waals surface area contributed by atoms with E-state index in [1.54, 1.807) is 5.51 Å². The first-order valence-corrected chi connectivity index (χ1v) is 9.50. The molecule has 1 aromatic carbocycles. The van der Waals surface area contributed by atoms with Gasteiger partial charge in [-0.25, -0.2) is 0 Å². The van der Waals surface area contributed by atoms with Crippen LogP contribution in [0.25, 0.3) is 0 Å². The molecule has 2 heterocycles. The fraction of sp³-hybridized carbons (Fsp3) is 0.500. The van der Waals surface area contributed by atoms with Gasteiger partial charge in [-0.05, 0) is 31.9 Å². The highest BCUT2D eigenvalue weighted by Crippen LogP contribution is 2.25. The zero-order valence-electron chi connectivity index (χ0n) is 15.0. The van der Waals surface area contributed by atoms with Crippen LogP contribution >= 0.6 is 11.3 Å². The summed E-state index contributed by atoms with van der Waals surface area (Å²) < 4.78 is 0. The Kier molecular flexibility index (Phi) is 5.78. The van der Waals surface area contributed by atoms with Crippen LogP contribution in [-0.2, 0) is 4.79 Å². The summed E-state index contributed by atoms with van der Waals surface area (Å²) in [7, 11) is 0. The first kappa shape index (κ1) is 18.0. The molecule has 0 spiro atoms. The minimum atomic E-state index is -0.0207. The topological polar surface area (TPSA) is 61.4 Å². The number of anilines is 1. The molecule has 1 saturated heterocycles. The van der Waals surface area contributed by atoms with Gasteiger partial charge in [-0.15, -0.1) is 10.2 Å². The van der Waals surface area contributed by atoms with Gasteiger partial charge in [0, 0.05) is 32.2 Å². The Balaban J connectivity index is 1.50. The lowest BCUT2D eigenvalue weighted by atomic mass is 9.99. The van der Waals surface area contributed by atoms with E-state index in [0.717, 1.165) is 26.2 Å². The molecule has 0 saturated carbocycles. The molecule has 0 bridgehead atoms. The van der Waals surface area contributed by atoms with Crippen LogP contribution in [-0.4, -0.2) is 58.6 Å². The van der Waals surface area contributed by atoms with Crippen LogP contribution in [0.3, 0.4) is 0 Å². The first-order valence-electron chi connectivity index (χ1n) is 8.62. The Morgan fingerprint density at radius 1 is 1.28 bits per heavy atom. The standard InChI is InChI=1S/C18H25N5OS/c1-13-4-5-16(14(2)10-13)15(3)23-8-6-22(7-9-23)11-17(24)20-18-21-19-12-25-18/h4-5,10,12,15H,6-9,11H2,1-3H3,(H,20,21,24). The first-order chi connectivity index (χ1) is 12.0. The van der Waals surface area contributed by atoms with Crippen molar-refractivity contribution in [1.29, 1.82) is 0 Å². The number of aromatic nitrogens is 2. The lowest BCUT2D eigenvalue weighted by molar-refractivity contribution is -0.117. The number of benzene rings is 1. The molecule has 1 aliphatic rings.